The van der Waals surface area contributed by atoms with E-state index < -0.39 is 0 Å². The molecular weight excluding hydrogens is 238 g/mol. The van der Waals surface area contributed by atoms with E-state index in [1.54, 1.807) is 18.2 Å². The van der Waals surface area contributed by atoms with Gasteiger partial charge in [-0.1, -0.05) is 11.6 Å². The van der Waals surface area contributed by atoms with E-state index in [9.17, 15) is 4.79 Å². The Morgan fingerprint density at radius 3 is 2.71 bits per heavy atom. The van der Waals surface area contributed by atoms with Crippen molar-refractivity contribution in [2.45, 2.75) is 19.8 Å². The molecule has 0 aromatic heterocycles. The second kappa shape index (κ2) is 4.67. The highest BCUT2D eigenvalue weighted by atomic mass is 35.5. The minimum absolute atomic E-state index is 0.102. The van der Waals surface area contributed by atoms with Gasteiger partial charge in [0.15, 0.2) is 5.78 Å². The quantitative estimate of drug-likeness (QED) is 0.821. The van der Waals surface area contributed by atoms with Gasteiger partial charge in [0.2, 0.25) is 0 Å². The van der Waals surface area contributed by atoms with Gasteiger partial charge in [-0.3, -0.25) is 4.79 Å². The van der Waals surface area contributed by atoms with E-state index in [-0.39, 0.29) is 11.2 Å². The Morgan fingerprint density at radius 1 is 1.53 bits per heavy atom. The maximum atomic E-state index is 12.2. The van der Waals surface area contributed by atoms with Gasteiger partial charge in [0.05, 0.1) is 11.6 Å². The molecule has 3 nitrogen and oxygen atoms in total. The molecule has 0 spiro atoms. The smallest absolute Gasteiger partial charge is 0.170 e. The molecule has 17 heavy (non-hydrogen) atoms. The highest BCUT2D eigenvalue weighted by Gasteiger charge is 2.48. The van der Waals surface area contributed by atoms with Gasteiger partial charge in [-0.25, -0.2) is 0 Å². The predicted molar refractivity (Wildman–Crippen MR) is 67.7 cm³/mol. The van der Waals surface area contributed by atoms with Crippen LogP contribution >= 0.6 is 11.6 Å². The second-order valence-electron chi connectivity index (χ2n) is 4.39. The lowest BCUT2D eigenvalue weighted by atomic mass is 9.95. The zero-order chi connectivity index (χ0) is 12.5. The highest BCUT2D eigenvalue weighted by Crippen LogP contribution is 2.47. The SMILES string of the molecule is CCOc1ccc(C(=O)C2(CN)CC2)cc1Cl. The zero-order valence-corrected chi connectivity index (χ0v) is 10.6. The van der Waals surface area contributed by atoms with Crippen molar-refractivity contribution in [3.05, 3.63) is 28.8 Å². The van der Waals surface area contributed by atoms with E-state index in [4.69, 9.17) is 22.1 Å². The van der Waals surface area contributed by atoms with Gasteiger partial charge >= 0.3 is 0 Å². The number of rotatable bonds is 5. The van der Waals surface area contributed by atoms with Crippen LogP contribution in [-0.4, -0.2) is 18.9 Å². The molecule has 0 aliphatic heterocycles. The summed E-state index contributed by atoms with van der Waals surface area (Å²) in [6.45, 7) is 2.86. The first kappa shape index (κ1) is 12.4. The summed E-state index contributed by atoms with van der Waals surface area (Å²) in [5, 5.41) is 0.477. The first-order valence-corrected chi connectivity index (χ1v) is 6.18. The molecule has 1 aromatic rings. The number of carbonyl (C=O) groups is 1. The molecule has 0 saturated heterocycles. The van der Waals surface area contributed by atoms with Crippen LogP contribution in [0.15, 0.2) is 18.2 Å². The number of hydrogen-bond donors (Lipinski definition) is 1. The zero-order valence-electron chi connectivity index (χ0n) is 9.83. The maximum Gasteiger partial charge on any atom is 0.170 e. The average Bonchev–Trinajstić information content (AvgIpc) is 3.12. The topological polar surface area (TPSA) is 52.3 Å². The van der Waals surface area contributed by atoms with Crippen LogP contribution in [0.3, 0.4) is 0 Å². The number of ketones is 1. The van der Waals surface area contributed by atoms with Crippen LogP contribution in [0.1, 0.15) is 30.1 Å². The highest BCUT2D eigenvalue weighted by molar-refractivity contribution is 6.32. The molecule has 2 N–H and O–H groups in total. The van der Waals surface area contributed by atoms with Gasteiger partial charge in [-0.2, -0.15) is 0 Å². The maximum absolute atomic E-state index is 12.2. The number of carbonyl (C=O) groups excluding carboxylic acids is 1. The first-order chi connectivity index (χ1) is 8.13. The van der Waals surface area contributed by atoms with Gasteiger partial charge in [-0.05, 0) is 38.0 Å². The van der Waals surface area contributed by atoms with E-state index in [1.807, 2.05) is 6.92 Å². The van der Waals surface area contributed by atoms with Crippen molar-refractivity contribution < 1.29 is 9.53 Å². The predicted octanol–water partition coefficient (Wildman–Crippen LogP) is 2.66. The van der Waals surface area contributed by atoms with Crippen molar-refractivity contribution in [3.63, 3.8) is 0 Å². The molecule has 4 heteroatoms. The average molecular weight is 254 g/mol. The fraction of sp³-hybridized carbons (Fsp3) is 0.462. The van der Waals surface area contributed by atoms with Crippen LogP contribution in [0, 0.1) is 5.41 Å². The Labute approximate surface area is 106 Å². The third kappa shape index (κ3) is 2.31. The summed E-state index contributed by atoms with van der Waals surface area (Å²) in [5.74, 6) is 0.716. The number of ether oxygens (including phenoxy) is 1. The first-order valence-electron chi connectivity index (χ1n) is 5.80. The molecule has 0 radical (unpaired) electrons. The Morgan fingerprint density at radius 2 is 2.24 bits per heavy atom. The monoisotopic (exact) mass is 253 g/mol. The van der Waals surface area contributed by atoms with Crippen molar-refractivity contribution >= 4 is 17.4 Å². The van der Waals surface area contributed by atoms with Crippen LogP contribution in [-0.2, 0) is 0 Å². The van der Waals surface area contributed by atoms with Crippen LogP contribution in [0.2, 0.25) is 5.02 Å². The molecule has 1 aliphatic rings. The van der Waals surface area contributed by atoms with Crippen LogP contribution < -0.4 is 10.5 Å². The summed E-state index contributed by atoms with van der Waals surface area (Å²) in [5.41, 5.74) is 5.95. The van der Waals surface area contributed by atoms with Crippen molar-refractivity contribution in [1.82, 2.24) is 0 Å². The molecular formula is C13H16ClNO2. The fourth-order valence-electron chi connectivity index (χ4n) is 1.90. The van der Waals surface area contributed by atoms with Crippen LogP contribution in [0.25, 0.3) is 0 Å². The van der Waals surface area contributed by atoms with Crippen LogP contribution in [0.5, 0.6) is 5.75 Å². The van der Waals surface area contributed by atoms with E-state index in [0.717, 1.165) is 12.8 Å². The molecule has 1 saturated carbocycles. The van der Waals surface area contributed by atoms with E-state index in [1.165, 1.54) is 0 Å². The van der Waals surface area contributed by atoms with Gasteiger partial charge in [0, 0.05) is 17.5 Å². The minimum Gasteiger partial charge on any atom is -0.492 e. The van der Waals surface area contributed by atoms with Gasteiger partial charge < -0.3 is 10.5 Å². The fourth-order valence-corrected chi connectivity index (χ4v) is 2.13. The molecule has 92 valence electrons. The third-order valence-corrected chi connectivity index (χ3v) is 3.52. The molecule has 0 bridgehead atoms. The molecule has 0 unspecified atom stereocenters. The van der Waals surface area contributed by atoms with Crippen molar-refractivity contribution in [2.75, 3.05) is 13.2 Å². The standard InChI is InChI=1S/C13H16ClNO2/c1-2-17-11-4-3-9(7-10(11)14)12(16)13(8-15)5-6-13/h3-4,7H,2,5-6,8,15H2,1H3. The number of benzene rings is 1. The Balaban J connectivity index is 2.23. The second-order valence-corrected chi connectivity index (χ2v) is 4.80. The van der Waals surface area contributed by atoms with E-state index >= 15 is 0 Å². The summed E-state index contributed by atoms with van der Waals surface area (Å²) < 4.78 is 5.33. The van der Waals surface area contributed by atoms with Gasteiger partial charge in [0.25, 0.3) is 0 Å². The van der Waals surface area contributed by atoms with Crippen molar-refractivity contribution in [2.24, 2.45) is 11.1 Å². The molecule has 1 aliphatic carbocycles. The van der Waals surface area contributed by atoms with Crippen molar-refractivity contribution in [1.29, 1.82) is 0 Å². The molecule has 0 atom stereocenters. The Bertz CT molecular complexity index is 441. The summed E-state index contributed by atoms with van der Waals surface area (Å²) in [4.78, 5) is 12.2. The lowest BCUT2D eigenvalue weighted by molar-refractivity contribution is 0.0905. The molecule has 0 amide bonds. The Hall–Kier alpha value is -1.06. The molecule has 1 fully saturated rings. The largest absolute Gasteiger partial charge is 0.492 e. The lowest BCUT2D eigenvalue weighted by Crippen LogP contribution is -2.25. The Kier molecular flexibility index (Phi) is 3.40. The number of nitrogens with two attached hydrogens (primary N) is 1. The molecule has 1 aromatic carbocycles. The summed E-state index contributed by atoms with van der Waals surface area (Å²) in [6, 6.07) is 5.17. The number of hydrogen-bond acceptors (Lipinski definition) is 3. The van der Waals surface area contributed by atoms with Crippen LogP contribution in [0.4, 0.5) is 0 Å². The third-order valence-electron chi connectivity index (χ3n) is 3.22. The van der Waals surface area contributed by atoms with E-state index in [2.05, 4.69) is 0 Å². The normalized spacial score (nSPS) is 16.6. The minimum atomic E-state index is -0.323. The number of Topliss-reactive ketones (excluding diaryl/α,β-unsaturated/α-hetero) is 1. The van der Waals surface area contributed by atoms with Crippen molar-refractivity contribution in [3.8, 4) is 5.75 Å². The van der Waals surface area contributed by atoms with Gasteiger partial charge in [-0.15, -0.1) is 0 Å². The number of halogens is 1. The summed E-state index contributed by atoms with van der Waals surface area (Å²) >= 11 is 6.06. The van der Waals surface area contributed by atoms with Gasteiger partial charge in [0.1, 0.15) is 5.75 Å². The summed E-state index contributed by atoms with van der Waals surface area (Å²) in [6.07, 6.45) is 1.76. The lowest BCUT2D eigenvalue weighted by Gasteiger charge is -2.12. The summed E-state index contributed by atoms with van der Waals surface area (Å²) in [7, 11) is 0. The molecule has 2 rings (SSSR count). The molecule has 0 heterocycles. The van der Waals surface area contributed by atoms with E-state index in [0.29, 0.717) is 29.5 Å².